The van der Waals surface area contributed by atoms with Crippen LogP contribution in [-0.4, -0.2) is 38.4 Å². The summed E-state index contributed by atoms with van der Waals surface area (Å²) in [5.74, 6) is 0. The molecule has 1 heterocycles. The number of rotatable bonds is 8. The van der Waals surface area contributed by atoms with Gasteiger partial charge in [-0.2, -0.15) is 12.7 Å². The molecule has 0 amide bonds. The van der Waals surface area contributed by atoms with Gasteiger partial charge in [0.15, 0.2) is 0 Å². The number of nitrogens with two attached hydrogens (primary N) is 1. The second-order valence-corrected chi connectivity index (χ2v) is 6.66. The monoisotopic (exact) mass is 277 g/mol. The van der Waals surface area contributed by atoms with Gasteiger partial charge in [0.05, 0.1) is 0 Å². The lowest BCUT2D eigenvalue weighted by Gasteiger charge is -2.33. The lowest BCUT2D eigenvalue weighted by molar-refractivity contribution is 0.254. The van der Waals surface area contributed by atoms with Crippen molar-refractivity contribution in [3.63, 3.8) is 0 Å². The molecule has 1 saturated heterocycles. The molecule has 0 spiro atoms. The molecule has 5 nitrogen and oxygen atoms in total. The zero-order chi connectivity index (χ0) is 13.4. The van der Waals surface area contributed by atoms with Crippen molar-refractivity contribution in [3.8, 4) is 0 Å². The third-order valence-electron chi connectivity index (χ3n) is 3.47. The second-order valence-electron chi connectivity index (χ2n) is 4.96. The first-order chi connectivity index (χ1) is 8.61. The first kappa shape index (κ1) is 15.9. The van der Waals surface area contributed by atoms with Gasteiger partial charge in [0, 0.05) is 25.7 Å². The molecule has 1 aliphatic heterocycles. The Morgan fingerprint density at radius 2 is 2.06 bits per heavy atom. The topological polar surface area (TPSA) is 75.4 Å². The average Bonchev–Trinajstić information content (AvgIpc) is 2.38. The van der Waals surface area contributed by atoms with Crippen LogP contribution in [0.2, 0.25) is 0 Å². The maximum Gasteiger partial charge on any atom is 0.279 e. The molecule has 0 bridgehead atoms. The van der Waals surface area contributed by atoms with E-state index in [1.165, 1.54) is 0 Å². The van der Waals surface area contributed by atoms with Crippen LogP contribution < -0.4 is 10.5 Å². The predicted octanol–water partition coefficient (Wildman–Crippen LogP) is 1.21. The van der Waals surface area contributed by atoms with Crippen molar-refractivity contribution in [2.75, 3.05) is 19.6 Å². The minimum Gasteiger partial charge on any atom is -0.329 e. The van der Waals surface area contributed by atoms with Crippen molar-refractivity contribution in [3.05, 3.63) is 0 Å². The van der Waals surface area contributed by atoms with Crippen molar-refractivity contribution in [1.29, 1.82) is 0 Å². The van der Waals surface area contributed by atoms with E-state index in [9.17, 15) is 8.42 Å². The van der Waals surface area contributed by atoms with Crippen molar-refractivity contribution in [1.82, 2.24) is 9.03 Å². The minimum atomic E-state index is -3.33. The quantitative estimate of drug-likeness (QED) is 0.655. The first-order valence-electron chi connectivity index (χ1n) is 7.08. The average molecular weight is 277 g/mol. The van der Waals surface area contributed by atoms with Gasteiger partial charge < -0.3 is 5.73 Å². The molecule has 108 valence electrons. The van der Waals surface area contributed by atoms with Gasteiger partial charge in [-0.25, -0.2) is 4.72 Å². The SMILES string of the molecule is CCCCCCNS(=O)(=O)N1CCCCC1CN. The van der Waals surface area contributed by atoms with Crippen LogP contribution in [0, 0.1) is 0 Å². The summed E-state index contributed by atoms with van der Waals surface area (Å²) in [4.78, 5) is 0. The largest absolute Gasteiger partial charge is 0.329 e. The van der Waals surface area contributed by atoms with Crippen LogP contribution in [0.15, 0.2) is 0 Å². The van der Waals surface area contributed by atoms with Gasteiger partial charge in [0.2, 0.25) is 0 Å². The zero-order valence-electron chi connectivity index (χ0n) is 11.4. The predicted molar refractivity (Wildman–Crippen MR) is 74.5 cm³/mol. The highest BCUT2D eigenvalue weighted by atomic mass is 32.2. The number of nitrogens with zero attached hydrogens (tertiary/aromatic N) is 1. The van der Waals surface area contributed by atoms with E-state index in [1.54, 1.807) is 4.31 Å². The Kier molecular flexibility index (Phi) is 7.14. The highest BCUT2D eigenvalue weighted by Crippen LogP contribution is 2.18. The van der Waals surface area contributed by atoms with Gasteiger partial charge in [-0.15, -0.1) is 0 Å². The van der Waals surface area contributed by atoms with Crippen molar-refractivity contribution in [2.45, 2.75) is 57.9 Å². The maximum absolute atomic E-state index is 12.1. The van der Waals surface area contributed by atoms with E-state index in [2.05, 4.69) is 11.6 Å². The smallest absolute Gasteiger partial charge is 0.279 e. The molecule has 6 heteroatoms. The van der Waals surface area contributed by atoms with Crippen LogP contribution in [-0.2, 0) is 10.2 Å². The summed E-state index contributed by atoms with van der Waals surface area (Å²) in [6, 6.07) is -0.0214. The molecule has 18 heavy (non-hydrogen) atoms. The third-order valence-corrected chi connectivity index (χ3v) is 5.14. The number of piperidine rings is 1. The molecule has 1 atom stereocenters. The Hall–Kier alpha value is -0.170. The van der Waals surface area contributed by atoms with Gasteiger partial charge in [0.1, 0.15) is 0 Å². The molecule has 0 aliphatic carbocycles. The Balaban J connectivity index is 2.41. The summed E-state index contributed by atoms with van der Waals surface area (Å²) in [5, 5.41) is 0. The molecular formula is C12H27N3O2S. The van der Waals surface area contributed by atoms with E-state index in [4.69, 9.17) is 5.73 Å². The molecule has 3 N–H and O–H groups in total. The fourth-order valence-corrected chi connectivity index (χ4v) is 3.88. The van der Waals surface area contributed by atoms with Crippen molar-refractivity contribution in [2.24, 2.45) is 5.73 Å². The molecule has 0 saturated carbocycles. The highest BCUT2D eigenvalue weighted by Gasteiger charge is 2.30. The second kappa shape index (κ2) is 8.09. The minimum absolute atomic E-state index is 0.0214. The van der Waals surface area contributed by atoms with Crippen molar-refractivity contribution >= 4 is 10.2 Å². The van der Waals surface area contributed by atoms with Gasteiger partial charge in [0.25, 0.3) is 10.2 Å². The summed E-state index contributed by atoms with van der Waals surface area (Å²) in [6.07, 6.45) is 7.21. The van der Waals surface area contributed by atoms with Crippen LogP contribution >= 0.6 is 0 Å². The normalized spacial score (nSPS) is 22.2. The number of hydrogen-bond acceptors (Lipinski definition) is 3. The summed E-state index contributed by atoms with van der Waals surface area (Å²) >= 11 is 0. The number of hydrogen-bond donors (Lipinski definition) is 2. The molecule has 1 fully saturated rings. The van der Waals surface area contributed by atoms with E-state index >= 15 is 0 Å². The zero-order valence-corrected chi connectivity index (χ0v) is 12.2. The van der Waals surface area contributed by atoms with Crippen molar-refractivity contribution < 1.29 is 8.42 Å². The first-order valence-corrected chi connectivity index (χ1v) is 8.52. The molecule has 0 radical (unpaired) electrons. The maximum atomic E-state index is 12.1. The molecule has 1 unspecified atom stereocenters. The summed E-state index contributed by atoms with van der Waals surface area (Å²) in [7, 11) is -3.33. The lowest BCUT2D eigenvalue weighted by Crippen LogP contribution is -2.51. The van der Waals surface area contributed by atoms with E-state index < -0.39 is 10.2 Å². The van der Waals surface area contributed by atoms with Crippen LogP contribution in [0.25, 0.3) is 0 Å². The fraction of sp³-hybridized carbons (Fsp3) is 1.00. The molecule has 1 rings (SSSR count). The van der Waals surface area contributed by atoms with E-state index in [-0.39, 0.29) is 6.04 Å². The number of nitrogens with one attached hydrogen (secondary N) is 1. The van der Waals surface area contributed by atoms with Crippen LogP contribution in [0.1, 0.15) is 51.9 Å². The fourth-order valence-electron chi connectivity index (χ4n) is 2.36. The Morgan fingerprint density at radius 1 is 1.28 bits per heavy atom. The van der Waals surface area contributed by atoms with E-state index in [1.807, 2.05) is 0 Å². The standard InChI is InChI=1S/C12H27N3O2S/c1-2-3-4-6-9-14-18(16,17)15-10-7-5-8-12(15)11-13/h12,14H,2-11,13H2,1H3. The number of unbranched alkanes of at least 4 members (excludes halogenated alkanes) is 3. The van der Waals surface area contributed by atoms with Gasteiger partial charge in [-0.1, -0.05) is 32.6 Å². The molecule has 0 aromatic carbocycles. The van der Waals surface area contributed by atoms with E-state index in [0.717, 1.165) is 44.9 Å². The molecule has 0 aromatic heterocycles. The van der Waals surface area contributed by atoms with Gasteiger partial charge in [-0.05, 0) is 19.3 Å². The Morgan fingerprint density at radius 3 is 2.72 bits per heavy atom. The summed E-state index contributed by atoms with van der Waals surface area (Å²) in [6.45, 7) is 3.70. The molecular weight excluding hydrogens is 250 g/mol. The van der Waals surface area contributed by atoms with Gasteiger partial charge >= 0.3 is 0 Å². The Labute approximate surface area is 111 Å². The van der Waals surface area contributed by atoms with Crippen LogP contribution in [0.4, 0.5) is 0 Å². The highest BCUT2D eigenvalue weighted by molar-refractivity contribution is 7.87. The Bertz CT molecular complexity index is 319. The molecule has 0 aromatic rings. The summed E-state index contributed by atoms with van der Waals surface area (Å²) < 4.78 is 28.5. The molecule has 1 aliphatic rings. The van der Waals surface area contributed by atoms with Gasteiger partial charge in [-0.3, -0.25) is 0 Å². The lowest BCUT2D eigenvalue weighted by atomic mass is 10.1. The van der Waals surface area contributed by atoms with Crippen LogP contribution in [0.3, 0.4) is 0 Å². The van der Waals surface area contributed by atoms with E-state index in [0.29, 0.717) is 19.6 Å². The summed E-state index contributed by atoms with van der Waals surface area (Å²) in [5.41, 5.74) is 5.65. The van der Waals surface area contributed by atoms with Crippen LogP contribution in [0.5, 0.6) is 0 Å². The third kappa shape index (κ3) is 4.84.